The molecule has 0 aliphatic rings. The second kappa shape index (κ2) is 13.6. The summed E-state index contributed by atoms with van der Waals surface area (Å²) in [6.07, 6.45) is 10.8. The van der Waals surface area contributed by atoms with Gasteiger partial charge in [-0.05, 0) is 38.1 Å². The van der Waals surface area contributed by atoms with Crippen LogP contribution in [0.5, 0.6) is 0 Å². The molecule has 4 rings (SSSR count). The number of anilines is 2. The molecule has 10 nitrogen and oxygen atoms in total. The van der Waals surface area contributed by atoms with Gasteiger partial charge < -0.3 is 9.80 Å². The van der Waals surface area contributed by atoms with E-state index in [1.807, 2.05) is 26.0 Å². The van der Waals surface area contributed by atoms with Crippen molar-refractivity contribution in [3.63, 3.8) is 0 Å². The molecule has 4 aromatic rings. The molecule has 0 aromatic carbocycles. The molecule has 0 unspecified atom stereocenters. The molecule has 4 aromatic heterocycles. The molecule has 0 spiro atoms. The van der Waals surface area contributed by atoms with Crippen LogP contribution >= 0.6 is 35.0 Å². The summed E-state index contributed by atoms with van der Waals surface area (Å²) in [5, 5.41) is 9.13. The van der Waals surface area contributed by atoms with Crippen molar-refractivity contribution >= 4 is 58.2 Å². The Kier molecular flexibility index (Phi) is 9.96. The number of rotatable bonds is 12. The molecular weight excluding hydrogens is 559 g/mol. The average Bonchev–Trinajstić information content (AvgIpc) is 3.53. The second-order valence-corrected chi connectivity index (χ2v) is 10.3. The van der Waals surface area contributed by atoms with Gasteiger partial charge >= 0.3 is 0 Å². The van der Waals surface area contributed by atoms with Gasteiger partial charge in [0.05, 0.1) is 36.2 Å². The second-order valence-electron chi connectivity index (χ2n) is 8.31. The SMILES string of the molecule is CCN(C(=O)CCSCCC(=O)N(CC)c1cn(-c2cccnc2)nc1Cl)c1cn(-c2cccnc2)nc1Cl. The summed E-state index contributed by atoms with van der Waals surface area (Å²) in [6, 6.07) is 7.32. The monoisotopic (exact) mass is 586 g/mol. The molecule has 0 bridgehead atoms. The number of thioether (sulfide) groups is 1. The molecule has 0 aliphatic carbocycles. The topological polar surface area (TPSA) is 102 Å². The predicted molar refractivity (Wildman–Crippen MR) is 155 cm³/mol. The van der Waals surface area contributed by atoms with Gasteiger partial charge in [-0.1, -0.05) is 23.2 Å². The Labute approximate surface area is 240 Å². The maximum Gasteiger partial charge on any atom is 0.227 e. The highest BCUT2D eigenvalue weighted by molar-refractivity contribution is 7.99. The molecule has 0 N–H and O–H groups in total. The van der Waals surface area contributed by atoms with Gasteiger partial charge in [0.1, 0.15) is 11.4 Å². The molecule has 39 heavy (non-hydrogen) atoms. The van der Waals surface area contributed by atoms with Gasteiger partial charge in [0, 0.05) is 49.8 Å². The lowest BCUT2D eigenvalue weighted by Gasteiger charge is -2.20. The van der Waals surface area contributed by atoms with Gasteiger partial charge in [0.25, 0.3) is 0 Å². The highest BCUT2D eigenvalue weighted by Crippen LogP contribution is 2.28. The molecule has 0 saturated carbocycles. The van der Waals surface area contributed by atoms with Crippen molar-refractivity contribution in [3.8, 4) is 11.4 Å². The average molecular weight is 588 g/mol. The minimum Gasteiger partial charge on any atom is -0.308 e. The number of halogens is 2. The molecule has 0 atom stereocenters. The van der Waals surface area contributed by atoms with Crippen molar-refractivity contribution in [1.29, 1.82) is 0 Å². The normalized spacial score (nSPS) is 11.0. The van der Waals surface area contributed by atoms with E-state index in [1.54, 1.807) is 80.2 Å². The largest absolute Gasteiger partial charge is 0.308 e. The Balaban J connectivity index is 1.28. The standard InChI is InChI=1S/C26H28Cl2N8O2S/c1-3-33(21-17-35(31-25(21)27)19-7-5-11-29-15-19)23(37)9-13-39-14-10-24(38)34(4-2)22-18-36(32-26(22)28)20-8-6-12-30-16-20/h5-8,11-12,15-18H,3-4,9-10,13-14H2,1-2H3. The summed E-state index contributed by atoms with van der Waals surface area (Å²) in [4.78, 5) is 37.4. The minimum atomic E-state index is -0.0613. The Morgan fingerprint density at radius 3 is 1.59 bits per heavy atom. The number of carbonyl (C=O) groups is 2. The van der Waals surface area contributed by atoms with Crippen LogP contribution in [0, 0.1) is 0 Å². The van der Waals surface area contributed by atoms with E-state index in [4.69, 9.17) is 23.2 Å². The van der Waals surface area contributed by atoms with Gasteiger partial charge in [-0.2, -0.15) is 22.0 Å². The highest BCUT2D eigenvalue weighted by Gasteiger charge is 2.22. The zero-order chi connectivity index (χ0) is 27.8. The molecule has 0 radical (unpaired) electrons. The first-order chi connectivity index (χ1) is 18.9. The van der Waals surface area contributed by atoms with E-state index in [2.05, 4.69) is 20.2 Å². The van der Waals surface area contributed by atoms with Gasteiger partial charge in [-0.25, -0.2) is 9.36 Å². The number of pyridine rings is 2. The van der Waals surface area contributed by atoms with Crippen molar-refractivity contribution in [2.45, 2.75) is 26.7 Å². The number of nitrogens with zero attached hydrogens (tertiary/aromatic N) is 8. The zero-order valence-electron chi connectivity index (χ0n) is 21.6. The first-order valence-corrected chi connectivity index (χ1v) is 14.3. The van der Waals surface area contributed by atoms with E-state index in [0.717, 1.165) is 11.4 Å². The fraction of sp³-hybridized carbons (Fsp3) is 0.308. The fourth-order valence-corrected chi connectivity index (χ4v) is 5.25. The van der Waals surface area contributed by atoms with Crippen LogP contribution < -0.4 is 9.80 Å². The Morgan fingerprint density at radius 2 is 1.23 bits per heavy atom. The fourth-order valence-electron chi connectivity index (χ4n) is 3.95. The van der Waals surface area contributed by atoms with Gasteiger partial charge in [0.2, 0.25) is 11.8 Å². The third kappa shape index (κ3) is 6.97. The minimum absolute atomic E-state index is 0.0613. The summed E-state index contributed by atoms with van der Waals surface area (Å²) in [5.41, 5.74) is 2.61. The molecule has 204 valence electrons. The van der Waals surface area contributed by atoms with E-state index in [1.165, 1.54) is 0 Å². The molecule has 4 heterocycles. The lowest BCUT2D eigenvalue weighted by Crippen LogP contribution is -2.31. The van der Waals surface area contributed by atoms with Crippen LogP contribution in [0.3, 0.4) is 0 Å². The summed E-state index contributed by atoms with van der Waals surface area (Å²) in [7, 11) is 0. The van der Waals surface area contributed by atoms with Crippen LogP contribution in [0.25, 0.3) is 11.4 Å². The lowest BCUT2D eigenvalue weighted by atomic mass is 10.3. The quantitative estimate of drug-likeness (QED) is 0.213. The third-order valence-corrected chi connectivity index (χ3v) is 7.38. The third-order valence-electron chi connectivity index (χ3n) is 5.86. The molecular formula is C26H28Cl2N8O2S. The summed E-state index contributed by atoms with van der Waals surface area (Å²) in [6.45, 7) is 4.70. The summed E-state index contributed by atoms with van der Waals surface area (Å²) >= 11 is 14.3. The van der Waals surface area contributed by atoms with Crippen LogP contribution in [-0.4, -0.2) is 65.9 Å². The molecule has 0 saturated heterocycles. The lowest BCUT2D eigenvalue weighted by molar-refractivity contribution is -0.118. The number of hydrogen-bond acceptors (Lipinski definition) is 7. The number of amides is 2. The first-order valence-electron chi connectivity index (χ1n) is 12.4. The van der Waals surface area contributed by atoms with Crippen LogP contribution in [-0.2, 0) is 9.59 Å². The highest BCUT2D eigenvalue weighted by atomic mass is 35.5. The summed E-state index contributed by atoms with van der Waals surface area (Å²) in [5.74, 6) is 1.02. The van der Waals surface area contributed by atoms with E-state index < -0.39 is 0 Å². The Bertz CT molecular complexity index is 1290. The van der Waals surface area contributed by atoms with E-state index in [9.17, 15) is 9.59 Å². The van der Waals surface area contributed by atoms with E-state index >= 15 is 0 Å². The number of aromatic nitrogens is 6. The zero-order valence-corrected chi connectivity index (χ0v) is 23.9. The van der Waals surface area contributed by atoms with Crippen LogP contribution in [0.2, 0.25) is 10.3 Å². The van der Waals surface area contributed by atoms with Crippen LogP contribution in [0.15, 0.2) is 61.4 Å². The molecule has 0 aliphatic heterocycles. The van der Waals surface area contributed by atoms with E-state index in [-0.39, 0.29) is 22.1 Å². The molecule has 0 fully saturated rings. The van der Waals surface area contributed by atoms with Crippen LogP contribution in [0.1, 0.15) is 26.7 Å². The van der Waals surface area contributed by atoms with Crippen molar-refractivity contribution < 1.29 is 9.59 Å². The van der Waals surface area contributed by atoms with E-state index in [0.29, 0.717) is 48.8 Å². The molecule has 13 heteroatoms. The Hall–Kier alpha value is -3.41. The van der Waals surface area contributed by atoms with Crippen molar-refractivity contribution in [3.05, 3.63) is 71.8 Å². The Morgan fingerprint density at radius 1 is 0.795 bits per heavy atom. The number of hydrogen-bond donors (Lipinski definition) is 0. The smallest absolute Gasteiger partial charge is 0.227 e. The van der Waals surface area contributed by atoms with Crippen molar-refractivity contribution in [2.75, 3.05) is 34.4 Å². The van der Waals surface area contributed by atoms with Gasteiger partial charge in [0.15, 0.2) is 10.3 Å². The first kappa shape index (κ1) is 28.6. The predicted octanol–water partition coefficient (Wildman–Crippen LogP) is 5.07. The number of carbonyl (C=O) groups excluding carboxylic acids is 2. The van der Waals surface area contributed by atoms with Gasteiger partial charge in [-0.15, -0.1) is 0 Å². The van der Waals surface area contributed by atoms with Crippen molar-refractivity contribution in [1.82, 2.24) is 29.5 Å². The maximum absolute atomic E-state index is 13.0. The molecule has 2 amide bonds. The maximum atomic E-state index is 13.0. The van der Waals surface area contributed by atoms with Crippen LogP contribution in [0.4, 0.5) is 11.4 Å². The van der Waals surface area contributed by atoms with Crippen molar-refractivity contribution in [2.24, 2.45) is 0 Å². The summed E-state index contributed by atoms with van der Waals surface area (Å²) < 4.78 is 3.21. The van der Waals surface area contributed by atoms with Gasteiger partial charge in [-0.3, -0.25) is 19.6 Å².